The van der Waals surface area contributed by atoms with Gasteiger partial charge in [0.15, 0.2) is 0 Å². The summed E-state index contributed by atoms with van der Waals surface area (Å²) in [4.78, 5) is 0. The quantitative estimate of drug-likeness (QED) is 0.621. The van der Waals surface area contributed by atoms with E-state index >= 15 is 0 Å². The molecule has 0 bridgehead atoms. The van der Waals surface area contributed by atoms with Crippen LogP contribution in [-0.2, 0) is 6.42 Å². The molecule has 0 saturated carbocycles. The first kappa shape index (κ1) is 7.81. The highest BCUT2D eigenvalue weighted by atomic mass is 32.1. The topological polar surface area (TPSA) is 0 Å². The normalized spacial score (nSPS) is 10.8. The lowest BCUT2D eigenvalue weighted by molar-refractivity contribution is 1.16. The average Bonchev–Trinajstić information content (AvgIpc) is 2.48. The highest BCUT2D eigenvalue weighted by Gasteiger charge is 2.03. The van der Waals surface area contributed by atoms with Crippen LogP contribution >= 0.6 is 11.3 Å². The van der Waals surface area contributed by atoms with Crippen LogP contribution in [0.15, 0.2) is 18.2 Å². The molecule has 0 atom stereocenters. The van der Waals surface area contributed by atoms with E-state index in [9.17, 15) is 0 Å². The van der Waals surface area contributed by atoms with E-state index in [1.807, 2.05) is 0 Å². The SMILES string of the molecule is CCc1cccc2s[c]c(C)c12. The molecule has 0 aliphatic carbocycles. The number of benzene rings is 1. The molecule has 1 radical (unpaired) electrons. The molecule has 1 aromatic carbocycles. The van der Waals surface area contributed by atoms with Gasteiger partial charge in [0.05, 0.1) is 0 Å². The van der Waals surface area contributed by atoms with E-state index in [0.717, 1.165) is 6.42 Å². The van der Waals surface area contributed by atoms with Gasteiger partial charge in [0, 0.05) is 10.1 Å². The van der Waals surface area contributed by atoms with Crippen LogP contribution in [0.5, 0.6) is 0 Å². The lowest BCUT2D eigenvalue weighted by atomic mass is 10.1. The molecule has 2 aromatic rings. The lowest BCUT2D eigenvalue weighted by Crippen LogP contribution is -1.80. The summed E-state index contributed by atoms with van der Waals surface area (Å²) in [6.07, 6.45) is 1.11. The van der Waals surface area contributed by atoms with Crippen molar-refractivity contribution >= 4 is 21.4 Å². The van der Waals surface area contributed by atoms with Crippen LogP contribution in [0.2, 0.25) is 0 Å². The number of hydrogen-bond acceptors (Lipinski definition) is 1. The Balaban J connectivity index is 2.84. The largest absolute Gasteiger partial charge is 0.134 e. The van der Waals surface area contributed by atoms with Crippen LogP contribution in [0.4, 0.5) is 0 Å². The number of aryl methyl sites for hydroxylation is 2. The van der Waals surface area contributed by atoms with Crippen LogP contribution in [0, 0.1) is 12.3 Å². The third kappa shape index (κ3) is 1.05. The highest BCUT2D eigenvalue weighted by molar-refractivity contribution is 7.16. The molecule has 0 spiro atoms. The molecular weight excluding hydrogens is 164 g/mol. The molecule has 1 aromatic heterocycles. The molecule has 0 nitrogen and oxygen atoms in total. The first-order valence-electron chi connectivity index (χ1n) is 4.21. The third-order valence-electron chi connectivity index (χ3n) is 2.18. The van der Waals surface area contributed by atoms with Gasteiger partial charge in [-0.3, -0.25) is 0 Å². The summed E-state index contributed by atoms with van der Waals surface area (Å²) in [5, 5.41) is 4.71. The average molecular weight is 175 g/mol. The second-order valence-electron chi connectivity index (χ2n) is 2.97. The maximum absolute atomic E-state index is 3.29. The molecule has 0 N–H and O–H groups in total. The summed E-state index contributed by atoms with van der Waals surface area (Å²) in [7, 11) is 0. The van der Waals surface area contributed by atoms with Gasteiger partial charge in [0.2, 0.25) is 0 Å². The number of fused-ring (bicyclic) bond motifs is 1. The molecule has 2 rings (SSSR count). The second kappa shape index (κ2) is 2.91. The zero-order valence-corrected chi connectivity index (χ0v) is 8.16. The zero-order chi connectivity index (χ0) is 8.55. The van der Waals surface area contributed by atoms with Gasteiger partial charge in [-0.05, 0) is 35.9 Å². The fraction of sp³-hybridized carbons (Fsp3) is 0.273. The third-order valence-corrected chi connectivity index (χ3v) is 3.15. The van der Waals surface area contributed by atoms with Crippen molar-refractivity contribution in [1.82, 2.24) is 0 Å². The minimum absolute atomic E-state index is 1.11. The van der Waals surface area contributed by atoms with Crippen molar-refractivity contribution < 1.29 is 0 Å². The molecule has 1 heterocycles. The molecule has 0 aliphatic heterocycles. The van der Waals surface area contributed by atoms with E-state index in [0.29, 0.717) is 0 Å². The van der Waals surface area contributed by atoms with E-state index in [4.69, 9.17) is 0 Å². The van der Waals surface area contributed by atoms with Crippen LogP contribution in [-0.4, -0.2) is 0 Å². The summed E-state index contributed by atoms with van der Waals surface area (Å²) in [5.41, 5.74) is 2.75. The maximum Gasteiger partial charge on any atom is 0.0487 e. The summed E-state index contributed by atoms with van der Waals surface area (Å²) in [5.74, 6) is 0. The van der Waals surface area contributed by atoms with Crippen LogP contribution in [0.3, 0.4) is 0 Å². The van der Waals surface area contributed by atoms with Gasteiger partial charge in [0.1, 0.15) is 0 Å². The van der Waals surface area contributed by atoms with Gasteiger partial charge >= 0.3 is 0 Å². The van der Waals surface area contributed by atoms with Crippen LogP contribution in [0.25, 0.3) is 10.1 Å². The monoisotopic (exact) mass is 175 g/mol. The first-order valence-corrected chi connectivity index (χ1v) is 5.03. The molecule has 0 unspecified atom stereocenters. The van der Waals surface area contributed by atoms with E-state index in [1.165, 1.54) is 21.2 Å². The minimum atomic E-state index is 1.11. The Morgan fingerprint density at radius 2 is 2.25 bits per heavy atom. The molecule has 0 aliphatic rings. The predicted octanol–water partition coefficient (Wildman–Crippen LogP) is 3.57. The molecule has 1 heteroatoms. The number of thiophene rings is 1. The summed E-state index contributed by atoms with van der Waals surface area (Å²) >= 11 is 1.72. The molecule has 12 heavy (non-hydrogen) atoms. The van der Waals surface area contributed by atoms with Crippen molar-refractivity contribution in [3.05, 3.63) is 34.7 Å². The summed E-state index contributed by atoms with van der Waals surface area (Å²) < 4.78 is 1.37. The van der Waals surface area contributed by atoms with Crippen molar-refractivity contribution in [3.63, 3.8) is 0 Å². The van der Waals surface area contributed by atoms with Crippen molar-refractivity contribution in [3.8, 4) is 0 Å². The van der Waals surface area contributed by atoms with Crippen LogP contribution < -0.4 is 0 Å². The Hall–Kier alpha value is -0.820. The van der Waals surface area contributed by atoms with Gasteiger partial charge in [-0.2, -0.15) is 0 Å². The smallest absolute Gasteiger partial charge is 0.0487 e. The highest BCUT2D eigenvalue weighted by Crippen LogP contribution is 2.27. The summed E-state index contributed by atoms with van der Waals surface area (Å²) in [6.45, 7) is 4.34. The number of hydrogen-bond donors (Lipinski definition) is 0. The Labute approximate surface area is 76.8 Å². The van der Waals surface area contributed by atoms with E-state index in [2.05, 4.69) is 37.4 Å². The minimum Gasteiger partial charge on any atom is -0.134 e. The Morgan fingerprint density at radius 1 is 1.42 bits per heavy atom. The van der Waals surface area contributed by atoms with Gasteiger partial charge in [0.25, 0.3) is 0 Å². The zero-order valence-electron chi connectivity index (χ0n) is 7.35. The van der Waals surface area contributed by atoms with Crippen molar-refractivity contribution in [1.29, 1.82) is 0 Å². The molecular formula is C11H11S. The van der Waals surface area contributed by atoms with Crippen LogP contribution in [0.1, 0.15) is 18.1 Å². The summed E-state index contributed by atoms with van der Waals surface area (Å²) in [6, 6.07) is 6.50. The predicted molar refractivity (Wildman–Crippen MR) is 54.8 cm³/mol. The Morgan fingerprint density at radius 3 is 3.00 bits per heavy atom. The Kier molecular flexibility index (Phi) is 1.89. The molecule has 0 saturated heterocycles. The van der Waals surface area contributed by atoms with E-state index < -0.39 is 0 Å². The number of rotatable bonds is 1. The van der Waals surface area contributed by atoms with Gasteiger partial charge in [-0.1, -0.05) is 19.1 Å². The molecule has 61 valence electrons. The second-order valence-corrected chi connectivity index (χ2v) is 3.82. The first-order chi connectivity index (χ1) is 5.83. The van der Waals surface area contributed by atoms with Crippen molar-refractivity contribution in [2.45, 2.75) is 20.3 Å². The Bertz CT molecular complexity index is 398. The van der Waals surface area contributed by atoms with Crippen molar-refractivity contribution in [2.75, 3.05) is 0 Å². The van der Waals surface area contributed by atoms with Gasteiger partial charge in [-0.15, -0.1) is 11.3 Å². The molecule has 0 amide bonds. The van der Waals surface area contributed by atoms with Gasteiger partial charge < -0.3 is 0 Å². The van der Waals surface area contributed by atoms with E-state index in [1.54, 1.807) is 11.3 Å². The van der Waals surface area contributed by atoms with E-state index in [-0.39, 0.29) is 0 Å². The maximum atomic E-state index is 3.29. The van der Waals surface area contributed by atoms with Crippen molar-refractivity contribution in [2.24, 2.45) is 0 Å². The standard InChI is InChI=1S/C11H11S/c1-3-9-5-4-6-10-11(9)8(2)7-12-10/h4-6H,3H2,1-2H3. The molecule has 0 fully saturated rings. The fourth-order valence-corrected chi connectivity index (χ4v) is 2.46. The fourth-order valence-electron chi connectivity index (χ4n) is 1.56. The van der Waals surface area contributed by atoms with Gasteiger partial charge in [-0.25, -0.2) is 0 Å². The lowest BCUT2D eigenvalue weighted by Gasteiger charge is -1.99.